The third-order valence-corrected chi connectivity index (χ3v) is 2.08. The molecule has 13 heavy (non-hydrogen) atoms. The molecule has 0 unspecified atom stereocenters. The molecule has 0 heterocycles. The van der Waals surface area contributed by atoms with Gasteiger partial charge in [-0.2, -0.15) is 0 Å². The molecule has 0 saturated carbocycles. The van der Waals surface area contributed by atoms with E-state index in [-0.39, 0.29) is 0 Å². The third-order valence-electron chi connectivity index (χ3n) is 2.08. The van der Waals surface area contributed by atoms with Crippen LogP contribution in [0.15, 0.2) is 42.5 Å². The summed E-state index contributed by atoms with van der Waals surface area (Å²) in [5, 5.41) is 0. The second-order valence-electron chi connectivity index (χ2n) is 3.26. The predicted molar refractivity (Wildman–Crippen MR) is 58.8 cm³/mol. The van der Waals surface area contributed by atoms with Crippen molar-refractivity contribution in [2.24, 2.45) is 0 Å². The van der Waals surface area contributed by atoms with Crippen molar-refractivity contribution < 1.29 is 0 Å². The van der Waals surface area contributed by atoms with Gasteiger partial charge in [0, 0.05) is 0 Å². The molecule has 1 rings (SSSR count). The Balaban J connectivity index is 2.17. The van der Waals surface area contributed by atoms with Gasteiger partial charge in [0.15, 0.2) is 0 Å². The molecule has 0 aliphatic carbocycles. The fourth-order valence-electron chi connectivity index (χ4n) is 1.35. The first kappa shape index (κ1) is 10.0. The van der Waals surface area contributed by atoms with Crippen molar-refractivity contribution in [1.82, 2.24) is 0 Å². The van der Waals surface area contributed by atoms with Gasteiger partial charge < -0.3 is 0 Å². The van der Waals surface area contributed by atoms with E-state index < -0.39 is 0 Å². The van der Waals surface area contributed by atoms with E-state index >= 15 is 0 Å². The number of benzene rings is 1. The third kappa shape index (κ3) is 4.51. The van der Waals surface area contributed by atoms with Gasteiger partial charge in [-0.3, -0.25) is 0 Å². The number of unbranched alkanes of at least 4 members (excludes halogenated alkanes) is 1. The molecule has 0 amide bonds. The number of hydrogen-bond acceptors (Lipinski definition) is 0. The van der Waals surface area contributed by atoms with Crippen LogP contribution in [0.5, 0.6) is 0 Å². The molecule has 0 spiro atoms. The van der Waals surface area contributed by atoms with E-state index in [1.165, 1.54) is 24.8 Å². The molecule has 1 aromatic carbocycles. The van der Waals surface area contributed by atoms with E-state index in [0.29, 0.717) is 0 Å². The number of rotatable bonds is 5. The Morgan fingerprint density at radius 3 is 2.54 bits per heavy atom. The lowest BCUT2D eigenvalue weighted by molar-refractivity contribution is 0.840. The SMILES string of the molecule is CC/C=C/CCCc1ccccc1. The van der Waals surface area contributed by atoms with E-state index in [4.69, 9.17) is 0 Å². The van der Waals surface area contributed by atoms with E-state index in [9.17, 15) is 0 Å². The molecule has 0 heteroatoms. The molecule has 0 radical (unpaired) electrons. The lowest BCUT2D eigenvalue weighted by Crippen LogP contribution is -1.82. The average Bonchev–Trinajstić information content (AvgIpc) is 2.19. The van der Waals surface area contributed by atoms with Crippen molar-refractivity contribution in [3.8, 4) is 0 Å². The van der Waals surface area contributed by atoms with Crippen LogP contribution in [0, 0.1) is 0 Å². The molecule has 0 atom stereocenters. The predicted octanol–water partition coefficient (Wildman–Crippen LogP) is 3.98. The highest BCUT2D eigenvalue weighted by molar-refractivity contribution is 5.14. The zero-order chi connectivity index (χ0) is 9.36. The maximum Gasteiger partial charge on any atom is -0.0276 e. The molecule has 0 bridgehead atoms. The highest BCUT2D eigenvalue weighted by Crippen LogP contribution is 2.04. The molecule has 0 aliphatic rings. The molecule has 0 aliphatic heterocycles. The van der Waals surface area contributed by atoms with Crippen molar-refractivity contribution in [3.63, 3.8) is 0 Å². The molecular formula is C13H18. The Morgan fingerprint density at radius 1 is 1.08 bits per heavy atom. The summed E-state index contributed by atoms with van der Waals surface area (Å²) in [6.07, 6.45) is 9.36. The standard InChI is InChI=1S/C13H18/c1-2-3-4-5-7-10-13-11-8-6-9-12-13/h3-4,6,8-9,11-12H,2,5,7,10H2,1H3/b4-3+. The van der Waals surface area contributed by atoms with Gasteiger partial charge in [-0.15, -0.1) is 0 Å². The summed E-state index contributed by atoms with van der Waals surface area (Å²) < 4.78 is 0. The average molecular weight is 174 g/mol. The van der Waals surface area contributed by atoms with Gasteiger partial charge in [-0.05, 0) is 31.2 Å². The van der Waals surface area contributed by atoms with Crippen LogP contribution in [0.25, 0.3) is 0 Å². The van der Waals surface area contributed by atoms with Crippen molar-refractivity contribution in [2.75, 3.05) is 0 Å². The Hall–Kier alpha value is -1.04. The van der Waals surface area contributed by atoms with Crippen LogP contribution in [0.4, 0.5) is 0 Å². The normalized spacial score (nSPS) is 10.8. The van der Waals surface area contributed by atoms with Gasteiger partial charge in [0.1, 0.15) is 0 Å². The summed E-state index contributed by atoms with van der Waals surface area (Å²) in [6.45, 7) is 2.17. The largest absolute Gasteiger partial charge is 0.0888 e. The topological polar surface area (TPSA) is 0 Å². The summed E-state index contributed by atoms with van der Waals surface area (Å²) in [7, 11) is 0. The lowest BCUT2D eigenvalue weighted by Gasteiger charge is -1.97. The summed E-state index contributed by atoms with van der Waals surface area (Å²) in [4.78, 5) is 0. The summed E-state index contributed by atoms with van der Waals surface area (Å²) in [5.41, 5.74) is 1.45. The fraction of sp³-hybridized carbons (Fsp3) is 0.385. The first-order chi connectivity index (χ1) is 6.43. The molecule has 1 aromatic rings. The maximum absolute atomic E-state index is 2.28. The Bertz CT molecular complexity index is 233. The lowest BCUT2D eigenvalue weighted by atomic mass is 10.1. The maximum atomic E-state index is 2.28. The van der Waals surface area contributed by atoms with Gasteiger partial charge in [-0.1, -0.05) is 49.4 Å². The van der Waals surface area contributed by atoms with Crippen molar-refractivity contribution in [1.29, 1.82) is 0 Å². The van der Waals surface area contributed by atoms with Crippen LogP contribution < -0.4 is 0 Å². The Kier molecular flexibility index (Phi) is 5.00. The Labute approximate surface area is 81.3 Å². The summed E-state index contributed by atoms with van der Waals surface area (Å²) in [6, 6.07) is 10.7. The minimum absolute atomic E-state index is 1.16. The van der Waals surface area contributed by atoms with Crippen LogP contribution in [0.2, 0.25) is 0 Å². The van der Waals surface area contributed by atoms with Crippen LogP contribution >= 0.6 is 0 Å². The molecule has 0 N–H and O–H groups in total. The highest BCUT2D eigenvalue weighted by atomic mass is 13.9. The molecule has 0 saturated heterocycles. The van der Waals surface area contributed by atoms with Crippen molar-refractivity contribution in [2.45, 2.75) is 32.6 Å². The quantitative estimate of drug-likeness (QED) is 0.468. The van der Waals surface area contributed by atoms with Gasteiger partial charge in [-0.25, -0.2) is 0 Å². The second-order valence-corrected chi connectivity index (χ2v) is 3.26. The summed E-state index contributed by atoms with van der Waals surface area (Å²) in [5.74, 6) is 0. The smallest absolute Gasteiger partial charge is 0.0276 e. The zero-order valence-corrected chi connectivity index (χ0v) is 8.37. The molecule has 70 valence electrons. The van der Waals surface area contributed by atoms with Gasteiger partial charge >= 0.3 is 0 Å². The van der Waals surface area contributed by atoms with Crippen LogP contribution in [-0.4, -0.2) is 0 Å². The minimum atomic E-state index is 1.16. The van der Waals surface area contributed by atoms with Crippen LogP contribution in [-0.2, 0) is 6.42 Å². The van der Waals surface area contributed by atoms with E-state index in [0.717, 1.165) is 6.42 Å². The fourth-order valence-corrected chi connectivity index (χ4v) is 1.35. The van der Waals surface area contributed by atoms with E-state index in [1.807, 2.05) is 0 Å². The molecule has 0 aromatic heterocycles. The Morgan fingerprint density at radius 2 is 1.85 bits per heavy atom. The number of hydrogen-bond donors (Lipinski definition) is 0. The number of aryl methyl sites for hydroxylation is 1. The first-order valence-corrected chi connectivity index (χ1v) is 5.12. The van der Waals surface area contributed by atoms with Crippen molar-refractivity contribution in [3.05, 3.63) is 48.0 Å². The molecule has 0 fully saturated rings. The highest BCUT2D eigenvalue weighted by Gasteiger charge is 1.88. The number of allylic oxidation sites excluding steroid dienone is 2. The summed E-state index contributed by atoms with van der Waals surface area (Å²) >= 11 is 0. The minimum Gasteiger partial charge on any atom is -0.0888 e. The molecule has 0 nitrogen and oxygen atoms in total. The van der Waals surface area contributed by atoms with Gasteiger partial charge in [0.25, 0.3) is 0 Å². The second kappa shape index (κ2) is 6.47. The van der Waals surface area contributed by atoms with Crippen LogP contribution in [0.1, 0.15) is 31.7 Å². The van der Waals surface area contributed by atoms with Gasteiger partial charge in [0.2, 0.25) is 0 Å². The van der Waals surface area contributed by atoms with Crippen molar-refractivity contribution >= 4 is 0 Å². The first-order valence-electron chi connectivity index (χ1n) is 5.12. The van der Waals surface area contributed by atoms with Crippen LogP contribution in [0.3, 0.4) is 0 Å². The zero-order valence-electron chi connectivity index (χ0n) is 8.37. The van der Waals surface area contributed by atoms with E-state index in [2.05, 4.69) is 49.4 Å². The molecular weight excluding hydrogens is 156 g/mol. The monoisotopic (exact) mass is 174 g/mol. The van der Waals surface area contributed by atoms with E-state index in [1.54, 1.807) is 0 Å². The van der Waals surface area contributed by atoms with Gasteiger partial charge in [0.05, 0.1) is 0 Å².